The van der Waals surface area contributed by atoms with E-state index in [-0.39, 0.29) is 0 Å². The Kier molecular flexibility index (Phi) is 3.75. The molecule has 1 aromatic rings. The van der Waals surface area contributed by atoms with Crippen molar-refractivity contribution < 1.29 is 4.74 Å². The number of ether oxygens (including phenoxy) is 1. The summed E-state index contributed by atoms with van der Waals surface area (Å²) in [5, 5.41) is 0. The largest absolute Gasteiger partial charge is 0.497 e. The molecule has 13 heavy (non-hydrogen) atoms. The van der Waals surface area contributed by atoms with Gasteiger partial charge in [-0.25, -0.2) is 0 Å². The van der Waals surface area contributed by atoms with Crippen LogP contribution in [-0.2, 0) is 6.54 Å². The summed E-state index contributed by atoms with van der Waals surface area (Å²) in [6.07, 6.45) is 0. The fourth-order valence-electron chi connectivity index (χ4n) is 1.12. The van der Waals surface area contributed by atoms with Crippen LogP contribution < -0.4 is 4.74 Å². The van der Waals surface area contributed by atoms with Crippen LogP contribution in [0.5, 0.6) is 5.75 Å². The minimum absolute atomic E-state index is 0.884. The topological polar surface area (TPSA) is 12.5 Å². The Bertz CT molecular complexity index is 286. The number of rotatable bonds is 3. The van der Waals surface area contributed by atoms with Crippen LogP contribution in [0.2, 0.25) is 0 Å². The number of nitrogens with zero attached hydrogens (tertiary/aromatic N) is 1. The van der Waals surface area contributed by atoms with E-state index in [0.717, 1.165) is 16.8 Å². The quantitative estimate of drug-likeness (QED) is 0.810. The Labute approximate surface area is 87.6 Å². The summed E-state index contributed by atoms with van der Waals surface area (Å²) in [5.74, 6) is 0.884. The molecule has 3 heteroatoms. The van der Waals surface area contributed by atoms with Crippen molar-refractivity contribution in [2.24, 2.45) is 0 Å². The molecule has 0 radical (unpaired) electrons. The third-order valence-corrected chi connectivity index (χ3v) is 2.49. The molecule has 0 aliphatic heterocycles. The second kappa shape index (κ2) is 4.63. The van der Waals surface area contributed by atoms with Gasteiger partial charge < -0.3 is 9.64 Å². The van der Waals surface area contributed by atoms with Crippen LogP contribution in [0.15, 0.2) is 22.7 Å². The zero-order valence-corrected chi connectivity index (χ0v) is 9.76. The van der Waals surface area contributed by atoms with Crippen molar-refractivity contribution in [3.8, 4) is 5.75 Å². The molecule has 0 N–H and O–H groups in total. The molecule has 0 atom stereocenters. The molecule has 1 aromatic carbocycles. The molecule has 0 saturated carbocycles. The van der Waals surface area contributed by atoms with Gasteiger partial charge in [-0.05, 0) is 31.8 Å². The molecule has 2 nitrogen and oxygen atoms in total. The second-order valence-corrected chi connectivity index (χ2v) is 4.05. The maximum atomic E-state index is 5.11. The van der Waals surface area contributed by atoms with Gasteiger partial charge in [-0.2, -0.15) is 0 Å². The van der Waals surface area contributed by atoms with Gasteiger partial charge in [0.05, 0.1) is 7.11 Å². The molecule has 0 bridgehead atoms. The number of halogens is 1. The smallest absolute Gasteiger partial charge is 0.120 e. The zero-order valence-electron chi connectivity index (χ0n) is 8.17. The molecule has 0 fully saturated rings. The molecule has 0 aliphatic rings. The van der Waals surface area contributed by atoms with Crippen molar-refractivity contribution in [3.63, 3.8) is 0 Å². The Morgan fingerprint density at radius 1 is 1.38 bits per heavy atom. The van der Waals surface area contributed by atoms with Gasteiger partial charge in [-0.3, -0.25) is 0 Å². The first-order chi connectivity index (χ1) is 6.13. The Morgan fingerprint density at radius 3 is 2.54 bits per heavy atom. The highest BCUT2D eigenvalue weighted by molar-refractivity contribution is 9.10. The summed E-state index contributed by atoms with van der Waals surface area (Å²) >= 11 is 3.51. The minimum Gasteiger partial charge on any atom is -0.497 e. The number of hydrogen-bond donors (Lipinski definition) is 0. The van der Waals surface area contributed by atoms with Crippen molar-refractivity contribution in [1.82, 2.24) is 4.90 Å². The van der Waals surface area contributed by atoms with Crippen molar-refractivity contribution in [2.45, 2.75) is 6.54 Å². The van der Waals surface area contributed by atoms with E-state index in [4.69, 9.17) is 4.74 Å². The van der Waals surface area contributed by atoms with Crippen LogP contribution in [0.25, 0.3) is 0 Å². The zero-order chi connectivity index (χ0) is 9.84. The van der Waals surface area contributed by atoms with E-state index in [2.05, 4.69) is 41.0 Å². The van der Waals surface area contributed by atoms with Crippen molar-refractivity contribution in [3.05, 3.63) is 28.2 Å². The SMILES string of the molecule is COc1ccc(CN(C)C)c(Br)c1. The molecular weight excluding hydrogens is 230 g/mol. The predicted octanol–water partition coefficient (Wildman–Crippen LogP) is 2.52. The molecule has 72 valence electrons. The van der Waals surface area contributed by atoms with E-state index in [1.54, 1.807) is 7.11 Å². The molecule has 0 aliphatic carbocycles. The van der Waals surface area contributed by atoms with Crippen LogP contribution in [0.4, 0.5) is 0 Å². The van der Waals surface area contributed by atoms with E-state index in [1.165, 1.54) is 5.56 Å². The molecular formula is C10H14BrNO. The fourth-order valence-corrected chi connectivity index (χ4v) is 1.61. The standard InChI is InChI=1S/C10H14BrNO/c1-12(2)7-8-4-5-9(13-3)6-10(8)11/h4-6H,7H2,1-3H3. The summed E-state index contributed by atoms with van der Waals surface area (Å²) in [7, 11) is 5.78. The molecule has 0 unspecified atom stereocenters. The monoisotopic (exact) mass is 243 g/mol. The van der Waals surface area contributed by atoms with E-state index >= 15 is 0 Å². The van der Waals surface area contributed by atoms with Crippen molar-refractivity contribution in [2.75, 3.05) is 21.2 Å². The lowest BCUT2D eigenvalue weighted by atomic mass is 10.2. The van der Waals surface area contributed by atoms with Crippen molar-refractivity contribution >= 4 is 15.9 Å². The summed E-state index contributed by atoms with van der Waals surface area (Å²) in [6.45, 7) is 0.935. The molecule has 1 rings (SSSR count). The Morgan fingerprint density at radius 2 is 2.08 bits per heavy atom. The lowest BCUT2D eigenvalue weighted by molar-refractivity contribution is 0.398. The van der Waals surface area contributed by atoms with E-state index < -0.39 is 0 Å². The maximum Gasteiger partial charge on any atom is 0.120 e. The summed E-state index contributed by atoms with van der Waals surface area (Å²) in [6, 6.07) is 6.03. The second-order valence-electron chi connectivity index (χ2n) is 3.20. The van der Waals surface area contributed by atoms with Gasteiger partial charge in [0, 0.05) is 11.0 Å². The normalized spacial score (nSPS) is 10.5. The van der Waals surface area contributed by atoms with Gasteiger partial charge >= 0.3 is 0 Å². The number of hydrogen-bond acceptors (Lipinski definition) is 2. The predicted molar refractivity (Wildman–Crippen MR) is 58.1 cm³/mol. The first-order valence-electron chi connectivity index (χ1n) is 4.10. The summed E-state index contributed by atoms with van der Waals surface area (Å²) in [5.41, 5.74) is 1.27. The van der Waals surface area contributed by atoms with E-state index in [1.807, 2.05) is 12.1 Å². The van der Waals surface area contributed by atoms with Crippen LogP contribution in [0.1, 0.15) is 5.56 Å². The van der Waals surface area contributed by atoms with Crippen molar-refractivity contribution in [1.29, 1.82) is 0 Å². The van der Waals surface area contributed by atoms with Crippen LogP contribution in [0.3, 0.4) is 0 Å². The molecule has 0 spiro atoms. The van der Waals surface area contributed by atoms with Crippen LogP contribution in [0, 0.1) is 0 Å². The van der Waals surface area contributed by atoms with Gasteiger partial charge in [0.25, 0.3) is 0 Å². The molecule has 0 saturated heterocycles. The van der Waals surface area contributed by atoms with Crippen LogP contribution >= 0.6 is 15.9 Å². The number of benzene rings is 1. The third-order valence-electron chi connectivity index (χ3n) is 1.75. The Balaban J connectivity index is 2.85. The molecule has 0 amide bonds. The van der Waals surface area contributed by atoms with Gasteiger partial charge in [0.2, 0.25) is 0 Å². The Hall–Kier alpha value is -0.540. The first kappa shape index (κ1) is 10.5. The molecule has 0 aromatic heterocycles. The van der Waals surface area contributed by atoms with Gasteiger partial charge in [-0.1, -0.05) is 22.0 Å². The van der Waals surface area contributed by atoms with Gasteiger partial charge in [-0.15, -0.1) is 0 Å². The lowest BCUT2D eigenvalue weighted by Gasteiger charge is -2.11. The minimum atomic E-state index is 0.884. The average molecular weight is 244 g/mol. The number of methoxy groups -OCH3 is 1. The first-order valence-corrected chi connectivity index (χ1v) is 4.90. The average Bonchev–Trinajstić information content (AvgIpc) is 2.08. The summed E-state index contributed by atoms with van der Waals surface area (Å²) in [4.78, 5) is 2.13. The maximum absolute atomic E-state index is 5.11. The highest BCUT2D eigenvalue weighted by Gasteiger charge is 2.02. The van der Waals surface area contributed by atoms with E-state index in [0.29, 0.717) is 0 Å². The highest BCUT2D eigenvalue weighted by atomic mass is 79.9. The fraction of sp³-hybridized carbons (Fsp3) is 0.400. The lowest BCUT2D eigenvalue weighted by Crippen LogP contribution is -2.10. The van der Waals surface area contributed by atoms with Gasteiger partial charge in [0.1, 0.15) is 5.75 Å². The molecule has 0 heterocycles. The van der Waals surface area contributed by atoms with Crippen LogP contribution in [-0.4, -0.2) is 26.1 Å². The summed E-state index contributed by atoms with van der Waals surface area (Å²) < 4.78 is 6.21. The van der Waals surface area contributed by atoms with E-state index in [9.17, 15) is 0 Å². The highest BCUT2D eigenvalue weighted by Crippen LogP contribution is 2.23. The third kappa shape index (κ3) is 3.01. The van der Waals surface area contributed by atoms with Gasteiger partial charge in [0.15, 0.2) is 0 Å².